The van der Waals surface area contributed by atoms with Crippen LogP contribution in [-0.4, -0.2) is 58.1 Å². The van der Waals surface area contributed by atoms with Gasteiger partial charge >= 0.3 is 5.97 Å². The fraction of sp³-hybridized carbons (Fsp3) is 0.654. The summed E-state index contributed by atoms with van der Waals surface area (Å²) in [6.45, 7) is 19.9. The van der Waals surface area contributed by atoms with Crippen molar-refractivity contribution in [3.63, 3.8) is 0 Å². The molecule has 3 heterocycles. The Kier molecular flexibility index (Phi) is 8.03. The van der Waals surface area contributed by atoms with Gasteiger partial charge in [-0.05, 0) is 60.8 Å². The SMILES string of the molecule is C=CCOC1(C)CCN(c2c([C@H](OC(C)(C)C)C(=O)OCC)c(C)nc3cc(CC)nn23)CC1. The Labute approximate surface area is 203 Å². The Morgan fingerprint density at radius 3 is 2.53 bits per heavy atom. The van der Waals surface area contributed by atoms with Crippen molar-refractivity contribution >= 4 is 17.4 Å². The van der Waals surface area contributed by atoms with Crippen LogP contribution in [0.25, 0.3) is 5.65 Å². The number of fused-ring (bicyclic) bond motifs is 1. The van der Waals surface area contributed by atoms with Crippen LogP contribution in [0.5, 0.6) is 0 Å². The molecule has 34 heavy (non-hydrogen) atoms. The number of hydrogen-bond donors (Lipinski definition) is 0. The minimum atomic E-state index is -0.911. The lowest BCUT2D eigenvalue weighted by molar-refractivity contribution is -0.166. The zero-order valence-corrected chi connectivity index (χ0v) is 21.8. The van der Waals surface area contributed by atoms with E-state index >= 15 is 0 Å². The maximum Gasteiger partial charge on any atom is 0.340 e. The monoisotopic (exact) mass is 472 g/mol. The van der Waals surface area contributed by atoms with Gasteiger partial charge in [0.1, 0.15) is 5.82 Å². The maximum absolute atomic E-state index is 13.2. The number of ether oxygens (including phenoxy) is 3. The third-order valence-corrected chi connectivity index (χ3v) is 6.12. The van der Waals surface area contributed by atoms with Crippen LogP contribution in [0.1, 0.15) is 77.4 Å². The van der Waals surface area contributed by atoms with Crippen molar-refractivity contribution < 1.29 is 19.0 Å². The van der Waals surface area contributed by atoms with Crippen LogP contribution in [0.4, 0.5) is 5.82 Å². The van der Waals surface area contributed by atoms with Gasteiger partial charge in [-0.15, -0.1) is 6.58 Å². The summed E-state index contributed by atoms with van der Waals surface area (Å²) < 4.78 is 19.7. The number of aryl methyl sites for hydroxylation is 2. The van der Waals surface area contributed by atoms with Gasteiger partial charge in [-0.25, -0.2) is 9.78 Å². The molecular formula is C26H40N4O4. The predicted molar refractivity (Wildman–Crippen MR) is 133 cm³/mol. The van der Waals surface area contributed by atoms with Crippen LogP contribution in [0, 0.1) is 6.92 Å². The third-order valence-electron chi connectivity index (χ3n) is 6.12. The highest BCUT2D eigenvalue weighted by molar-refractivity contribution is 5.80. The van der Waals surface area contributed by atoms with Gasteiger partial charge in [-0.3, -0.25) is 0 Å². The second kappa shape index (κ2) is 10.4. The molecule has 0 aliphatic carbocycles. The minimum absolute atomic E-state index is 0.215. The summed E-state index contributed by atoms with van der Waals surface area (Å²) in [5, 5.41) is 4.84. The molecular weight excluding hydrogens is 432 g/mol. The lowest BCUT2D eigenvalue weighted by Gasteiger charge is -2.41. The molecule has 1 aliphatic rings. The van der Waals surface area contributed by atoms with E-state index in [-0.39, 0.29) is 12.2 Å². The van der Waals surface area contributed by atoms with Crippen LogP contribution >= 0.6 is 0 Å². The van der Waals surface area contributed by atoms with E-state index in [2.05, 4.69) is 25.3 Å². The van der Waals surface area contributed by atoms with Crippen LogP contribution in [-0.2, 0) is 25.4 Å². The zero-order valence-electron chi connectivity index (χ0n) is 21.8. The summed E-state index contributed by atoms with van der Waals surface area (Å²) in [6.07, 6.45) is 3.36. The highest BCUT2D eigenvalue weighted by Crippen LogP contribution is 2.38. The highest BCUT2D eigenvalue weighted by atomic mass is 16.6. The number of aromatic nitrogens is 3. The molecule has 0 saturated carbocycles. The molecule has 0 aromatic carbocycles. The van der Waals surface area contributed by atoms with Crippen LogP contribution in [0.15, 0.2) is 18.7 Å². The van der Waals surface area contributed by atoms with E-state index in [0.717, 1.165) is 55.2 Å². The molecule has 2 aromatic rings. The van der Waals surface area contributed by atoms with E-state index in [4.69, 9.17) is 24.3 Å². The van der Waals surface area contributed by atoms with E-state index in [0.29, 0.717) is 12.2 Å². The second-order valence-electron chi connectivity index (χ2n) is 10.1. The van der Waals surface area contributed by atoms with Gasteiger partial charge in [0.15, 0.2) is 11.8 Å². The molecule has 0 radical (unpaired) electrons. The first-order chi connectivity index (χ1) is 16.0. The molecule has 0 bridgehead atoms. The molecule has 3 rings (SSSR count). The smallest absolute Gasteiger partial charge is 0.340 e. The number of nitrogens with zero attached hydrogens (tertiary/aromatic N) is 4. The summed E-state index contributed by atoms with van der Waals surface area (Å²) in [4.78, 5) is 20.3. The average Bonchev–Trinajstić information content (AvgIpc) is 3.18. The molecule has 0 amide bonds. The number of carbonyl (C=O) groups excluding carboxylic acids is 1. The molecule has 8 nitrogen and oxygen atoms in total. The molecule has 1 fully saturated rings. The third kappa shape index (κ3) is 5.78. The van der Waals surface area contributed by atoms with Gasteiger partial charge in [-0.1, -0.05) is 13.0 Å². The first kappa shape index (κ1) is 26.2. The van der Waals surface area contributed by atoms with Crippen molar-refractivity contribution in [1.82, 2.24) is 14.6 Å². The Morgan fingerprint density at radius 1 is 1.29 bits per heavy atom. The van der Waals surface area contributed by atoms with E-state index < -0.39 is 17.7 Å². The molecule has 1 atom stereocenters. The minimum Gasteiger partial charge on any atom is -0.464 e. The maximum atomic E-state index is 13.2. The summed E-state index contributed by atoms with van der Waals surface area (Å²) >= 11 is 0. The molecule has 188 valence electrons. The second-order valence-corrected chi connectivity index (χ2v) is 10.1. The number of piperidine rings is 1. The van der Waals surface area contributed by atoms with Crippen molar-refractivity contribution in [2.45, 2.75) is 85.0 Å². The quantitative estimate of drug-likeness (QED) is 0.390. The molecule has 0 spiro atoms. The molecule has 8 heteroatoms. The number of carbonyl (C=O) groups is 1. The van der Waals surface area contributed by atoms with E-state index in [1.54, 1.807) is 13.0 Å². The molecule has 2 aromatic heterocycles. The van der Waals surface area contributed by atoms with Crippen LogP contribution in [0.2, 0.25) is 0 Å². The average molecular weight is 473 g/mol. The number of esters is 1. The predicted octanol–water partition coefficient (Wildman–Crippen LogP) is 4.58. The van der Waals surface area contributed by atoms with Gasteiger partial charge in [0.2, 0.25) is 0 Å². The van der Waals surface area contributed by atoms with Gasteiger partial charge in [0, 0.05) is 24.8 Å². The van der Waals surface area contributed by atoms with Crippen molar-refractivity contribution in [3.05, 3.63) is 35.7 Å². The van der Waals surface area contributed by atoms with Gasteiger partial charge < -0.3 is 19.1 Å². The van der Waals surface area contributed by atoms with Gasteiger partial charge in [0.25, 0.3) is 0 Å². The highest BCUT2D eigenvalue weighted by Gasteiger charge is 2.38. The van der Waals surface area contributed by atoms with Crippen LogP contribution < -0.4 is 4.90 Å². The Balaban J connectivity index is 2.14. The first-order valence-corrected chi connectivity index (χ1v) is 12.2. The fourth-order valence-corrected chi connectivity index (χ4v) is 4.34. The molecule has 0 unspecified atom stereocenters. The number of rotatable bonds is 9. The van der Waals surface area contributed by atoms with E-state index in [9.17, 15) is 4.79 Å². The number of anilines is 1. The number of hydrogen-bond acceptors (Lipinski definition) is 7. The Morgan fingerprint density at radius 2 is 1.97 bits per heavy atom. The Bertz CT molecular complexity index is 1020. The van der Waals surface area contributed by atoms with Crippen molar-refractivity contribution in [3.8, 4) is 0 Å². The topological polar surface area (TPSA) is 78.2 Å². The zero-order chi connectivity index (χ0) is 25.1. The summed E-state index contributed by atoms with van der Waals surface area (Å²) in [5.41, 5.74) is 2.39. The molecule has 0 N–H and O–H groups in total. The van der Waals surface area contributed by atoms with Crippen molar-refractivity contribution in [1.29, 1.82) is 0 Å². The largest absolute Gasteiger partial charge is 0.464 e. The van der Waals surface area contributed by atoms with E-state index in [1.165, 1.54) is 0 Å². The lowest BCUT2D eigenvalue weighted by Crippen LogP contribution is -2.45. The standard InChI is InChI=1S/C26H40N4O4/c1-9-16-33-26(8)12-14-29(15-13-26)23-21(22(24(31)32-11-3)34-25(5,6)7)18(4)27-20-17-19(10-2)28-30(20)23/h9,17,22H,1,10-16H2,2-8H3/t22-/m0/s1. The fourth-order valence-electron chi connectivity index (χ4n) is 4.34. The van der Waals surface area contributed by atoms with E-state index in [1.807, 2.05) is 38.3 Å². The molecule has 1 aliphatic heterocycles. The lowest BCUT2D eigenvalue weighted by atomic mass is 9.92. The summed E-state index contributed by atoms with van der Waals surface area (Å²) in [5.74, 6) is 0.428. The molecule has 1 saturated heterocycles. The first-order valence-electron chi connectivity index (χ1n) is 12.2. The Hall–Kier alpha value is -2.45. The summed E-state index contributed by atoms with van der Waals surface area (Å²) in [6, 6.07) is 2.01. The summed E-state index contributed by atoms with van der Waals surface area (Å²) in [7, 11) is 0. The normalized spacial score (nSPS) is 17.1. The van der Waals surface area contributed by atoms with Crippen LogP contribution in [0.3, 0.4) is 0 Å². The van der Waals surface area contributed by atoms with Crippen molar-refractivity contribution in [2.24, 2.45) is 0 Å². The van der Waals surface area contributed by atoms with Gasteiger partial charge in [0.05, 0.1) is 35.7 Å². The van der Waals surface area contributed by atoms with Crippen molar-refractivity contribution in [2.75, 3.05) is 31.2 Å². The van der Waals surface area contributed by atoms with Gasteiger partial charge in [-0.2, -0.15) is 9.61 Å².